The fourth-order valence-corrected chi connectivity index (χ4v) is 2.36. The van der Waals surface area contributed by atoms with Crippen LogP contribution in [-0.2, 0) is 25.7 Å². The van der Waals surface area contributed by atoms with Crippen LogP contribution in [0.4, 0.5) is 0 Å². The molecule has 1 aromatic rings. The highest BCUT2D eigenvalue weighted by atomic mass is 16.5. The van der Waals surface area contributed by atoms with Crippen molar-refractivity contribution in [1.29, 1.82) is 0 Å². The molecule has 0 radical (unpaired) electrons. The first kappa shape index (κ1) is 15.0. The molecule has 0 atom stereocenters. The zero-order valence-electron chi connectivity index (χ0n) is 12.3. The van der Waals surface area contributed by atoms with Crippen LogP contribution in [0.2, 0.25) is 0 Å². The van der Waals surface area contributed by atoms with Gasteiger partial charge in [-0.15, -0.1) is 0 Å². The Morgan fingerprint density at radius 3 is 2.62 bits per heavy atom. The first-order valence-electron chi connectivity index (χ1n) is 6.62. The lowest BCUT2D eigenvalue weighted by molar-refractivity contribution is -0.147. The van der Waals surface area contributed by atoms with E-state index in [1.807, 2.05) is 31.2 Å². The lowest BCUT2D eigenvalue weighted by Crippen LogP contribution is -2.43. The standard InChI is InChI=1S/C16H17NO4/c1-10-5-4-6-12(7-10)9-17-13(18)8-11(2)14(15(17)19)16(20)21-3/h4-7H,8-9H2,1-3H3. The third kappa shape index (κ3) is 3.02. The van der Waals surface area contributed by atoms with Gasteiger partial charge in [0.25, 0.3) is 5.91 Å². The highest BCUT2D eigenvalue weighted by molar-refractivity contribution is 6.22. The van der Waals surface area contributed by atoms with Crippen molar-refractivity contribution in [3.63, 3.8) is 0 Å². The molecule has 0 N–H and O–H groups in total. The number of carbonyl (C=O) groups excluding carboxylic acids is 3. The molecular formula is C16H17NO4. The second-order valence-electron chi connectivity index (χ2n) is 5.10. The van der Waals surface area contributed by atoms with Crippen molar-refractivity contribution in [2.24, 2.45) is 0 Å². The van der Waals surface area contributed by atoms with Gasteiger partial charge >= 0.3 is 5.97 Å². The summed E-state index contributed by atoms with van der Waals surface area (Å²) in [7, 11) is 1.22. The molecule has 21 heavy (non-hydrogen) atoms. The van der Waals surface area contributed by atoms with Crippen LogP contribution in [0.25, 0.3) is 0 Å². The molecule has 0 fully saturated rings. The van der Waals surface area contributed by atoms with E-state index in [0.29, 0.717) is 5.57 Å². The van der Waals surface area contributed by atoms with E-state index < -0.39 is 11.9 Å². The Hall–Kier alpha value is -2.43. The second-order valence-corrected chi connectivity index (χ2v) is 5.10. The van der Waals surface area contributed by atoms with Gasteiger partial charge in [-0.25, -0.2) is 4.79 Å². The van der Waals surface area contributed by atoms with E-state index in [-0.39, 0.29) is 24.4 Å². The summed E-state index contributed by atoms with van der Waals surface area (Å²) < 4.78 is 4.63. The Bertz CT molecular complexity index is 645. The van der Waals surface area contributed by atoms with Crippen molar-refractivity contribution < 1.29 is 19.1 Å². The highest BCUT2D eigenvalue weighted by Crippen LogP contribution is 2.23. The van der Waals surface area contributed by atoms with Crippen molar-refractivity contribution in [3.05, 3.63) is 46.5 Å². The predicted octanol–water partition coefficient (Wildman–Crippen LogP) is 1.74. The molecule has 110 valence electrons. The number of imide groups is 1. The monoisotopic (exact) mass is 287 g/mol. The zero-order chi connectivity index (χ0) is 15.6. The number of nitrogens with zero attached hydrogens (tertiary/aromatic N) is 1. The summed E-state index contributed by atoms with van der Waals surface area (Å²) in [6.45, 7) is 3.70. The van der Waals surface area contributed by atoms with E-state index in [1.165, 1.54) is 7.11 Å². The first-order chi connectivity index (χ1) is 9.93. The minimum absolute atomic E-state index is 0.0373. The number of aryl methyl sites for hydroxylation is 1. The summed E-state index contributed by atoms with van der Waals surface area (Å²) in [6, 6.07) is 7.55. The minimum Gasteiger partial charge on any atom is -0.465 e. The molecule has 0 aliphatic carbocycles. The average molecular weight is 287 g/mol. The van der Waals surface area contributed by atoms with Crippen LogP contribution in [0.5, 0.6) is 0 Å². The molecule has 1 heterocycles. The number of hydrogen-bond donors (Lipinski definition) is 0. The Balaban J connectivity index is 2.31. The molecule has 0 saturated carbocycles. The van der Waals surface area contributed by atoms with Gasteiger partial charge in [-0.3, -0.25) is 14.5 Å². The molecule has 2 amide bonds. The summed E-state index contributed by atoms with van der Waals surface area (Å²) >= 11 is 0. The molecule has 1 aliphatic rings. The van der Waals surface area contributed by atoms with Gasteiger partial charge in [-0.05, 0) is 25.0 Å². The van der Waals surface area contributed by atoms with Crippen molar-refractivity contribution in [2.75, 3.05) is 7.11 Å². The van der Waals surface area contributed by atoms with Crippen LogP contribution < -0.4 is 0 Å². The Morgan fingerprint density at radius 1 is 1.29 bits per heavy atom. The minimum atomic E-state index is -0.695. The van der Waals surface area contributed by atoms with Crippen LogP contribution >= 0.6 is 0 Å². The van der Waals surface area contributed by atoms with Crippen molar-refractivity contribution in [1.82, 2.24) is 4.90 Å². The van der Waals surface area contributed by atoms with Gasteiger partial charge in [-0.2, -0.15) is 0 Å². The topological polar surface area (TPSA) is 63.7 Å². The molecule has 1 aliphatic heterocycles. The van der Waals surface area contributed by atoms with Gasteiger partial charge in [-0.1, -0.05) is 29.8 Å². The van der Waals surface area contributed by atoms with E-state index in [2.05, 4.69) is 4.74 Å². The quantitative estimate of drug-likeness (QED) is 0.482. The van der Waals surface area contributed by atoms with Crippen LogP contribution in [-0.4, -0.2) is 29.8 Å². The molecule has 5 heteroatoms. The fourth-order valence-electron chi connectivity index (χ4n) is 2.36. The predicted molar refractivity (Wildman–Crippen MR) is 76.1 cm³/mol. The maximum Gasteiger partial charge on any atom is 0.343 e. The van der Waals surface area contributed by atoms with E-state index in [0.717, 1.165) is 16.0 Å². The smallest absolute Gasteiger partial charge is 0.343 e. The van der Waals surface area contributed by atoms with Crippen LogP contribution in [0, 0.1) is 6.92 Å². The van der Waals surface area contributed by atoms with Gasteiger partial charge in [0.2, 0.25) is 5.91 Å². The third-order valence-corrected chi connectivity index (χ3v) is 3.42. The summed E-state index contributed by atoms with van der Waals surface area (Å²) in [6.07, 6.45) is 0.0575. The van der Waals surface area contributed by atoms with Gasteiger partial charge in [0, 0.05) is 6.42 Å². The molecule has 2 rings (SSSR count). The molecule has 1 aromatic carbocycles. The Morgan fingerprint density at radius 2 is 2.00 bits per heavy atom. The lowest BCUT2D eigenvalue weighted by atomic mass is 9.99. The van der Waals surface area contributed by atoms with Gasteiger partial charge < -0.3 is 4.74 Å². The molecule has 0 bridgehead atoms. The lowest BCUT2D eigenvalue weighted by Gasteiger charge is -2.27. The van der Waals surface area contributed by atoms with Crippen LogP contribution in [0.3, 0.4) is 0 Å². The number of esters is 1. The van der Waals surface area contributed by atoms with Gasteiger partial charge in [0.1, 0.15) is 5.57 Å². The number of benzene rings is 1. The van der Waals surface area contributed by atoms with E-state index in [4.69, 9.17) is 0 Å². The maximum absolute atomic E-state index is 12.4. The summed E-state index contributed by atoms with van der Waals surface area (Å²) in [5.41, 5.74) is 2.31. The SMILES string of the molecule is COC(=O)C1=C(C)CC(=O)N(Cc2cccc(C)c2)C1=O. The normalized spacial score (nSPS) is 15.5. The number of methoxy groups -OCH3 is 1. The summed E-state index contributed by atoms with van der Waals surface area (Å²) in [4.78, 5) is 37.3. The van der Waals surface area contributed by atoms with Crippen molar-refractivity contribution in [3.8, 4) is 0 Å². The van der Waals surface area contributed by atoms with Crippen molar-refractivity contribution in [2.45, 2.75) is 26.8 Å². The summed E-state index contributed by atoms with van der Waals surface area (Å²) in [5, 5.41) is 0. The number of hydrogen-bond acceptors (Lipinski definition) is 4. The maximum atomic E-state index is 12.4. The van der Waals surface area contributed by atoms with E-state index in [1.54, 1.807) is 6.92 Å². The van der Waals surface area contributed by atoms with Gasteiger partial charge in [0.15, 0.2) is 0 Å². The van der Waals surface area contributed by atoms with Crippen LogP contribution in [0.1, 0.15) is 24.5 Å². The first-order valence-corrected chi connectivity index (χ1v) is 6.62. The average Bonchev–Trinajstić information content (AvgIpc) is 2.43. The molecule has 0 saturated heterocycles. The molecular weight excluding hydrogens is 270 g/mol. The second kappa shape index (κ2) is 5.91. The number of rotatable bonds is 3. The number of amides is 2. The Labute approximate surface area is 123 Å². The van der Waals surface area contributed by atoms with E-state index in [9.17, 15) is 14.4 Å². The third-order valence-electron chi connectivity index (χ3n) is 3.42. The summed E-state index contributed by atoms with van der Waals surface area (Å²) in [5.74, 6) is -1.58. The van der Waals surface area contributed by atoms with Gasteiger partial charge in [0.05, 0.1) is 13.7 Å². The molecule has 0 spiro atoms. The molecule has 0 unspecified atom stereocenters. The fraction of sp³-hybridized carbons (Fsp3) is 0.312. The zero-order valence-corrected chi connectivity index (χ0v) is 12.3. The Kier molecular flexibility index (Phi) is 4.21. The highest BCUT2D eigenvalue weighted by Gasteiger charge is 2.35. The number of ether oxygens (including phenoxy) is 1. The largest absolute Gasteiger partial charge is 0.465 e. The molecule has 5 nitrogen and oxygen atoms in total. The molecule has 0 aromatic heterocycles. The van der Waals surface area contributed by atoms with Crippen LogP contribution in [0.15, 0.2) is 35.4 Å². The van der Waals surface area contributed by atoms with E-state index >= 15 is 0 Å². The number of carbonyl (C=O) groups is 3. The van der Waals surface area contributed by atoms with Crippen molar-refractivity contribution >= 4 is 17.8 Å².